The predicted molar refractivity (Wildman–Crippen MR) is 86.7 cm³/mol. The van der Waals surface area contributed by atoms with E-state index in [-0.39, 0.29) is 12.2 Å². The molecule has 0 spiro atoms. The zero-order valence-corrected chi connectivity index (χ0v) is 13.0. The van der Waals surface area contributed by atoms with Crippen molar-refractivity contribution in [2.45, 2.75) is 13.8 Å². The standard InChI is InChI=1S/C18H17NO4/c1-12-4-3-5-16(13(12)2)19-17(21)11-23-18(22)15-8-6-14(10-20)7-9-15/h3-10H,11H2,1-2H3,(H,19,21). The number of benzene rings is 2. The van der Waals surface area contributed by atoms with Crippen molar-refractivity contribution >= 4 is 23.9 Å². The number of aldehydes is 1. The number of esters is 1. The Morgan fingerprint density at radius 1 is 1.09 bits per heavy atom. The summed E-state index contributed by atoms with van der Waals surface area (Å²) in [5.41, 5.74) is 3.48. The van der Waals surface area contributed by atoms with Crippen LogP contribution < -0.4 is 5.32 Å². The van der Waals surface area contributed by atoms with Gasteiger partial charge >= 0.3 is 5.97 Å². The van der Waals surface area contributed by atoms with Gasteiger partial charge in [0, 0.05) is 11.3 Å². The molecule has 0 aliphatic carbocycles. The van der Waals surface area contributed by atoms with E-state index in [9.17, 15) is 14.4 Å². The highest BCUT2D eigenvalue weighted by molar-refractivity contribution is 5.96. The van der Waals surface area contributed by atoms with Gasteiger partial charge in [0.2, 0.25) is 0 Å². The molecule has 0 unspecified atom stereocenters. The van der Waals surface area contributed by atoms with Crippen molar-refractivity contribution in [2.75, 3.05) is 11.9 Å². The van der Waals surface area contributed by atoms with Crippen molar-refractivity contribution in [3.63, 3.8) is 0 Å². The molecule has 0 saturated carbocycles. The van der Waals surface area contributed by atoms with E-state index in [4.69, 9.17) is 4.74 Å². The number of amides is 1. The molecule has 0 aliphatic rings. The van der Waals surface area contributed by atoms with Crippen LogP contribution in [0.4, 0.5) is 5.69 Å². The molecule has 0 fully saturated rings. The summed E-state index contributed by atoms with van der Waals surface area (Å²) in [7, 11) is 0. The maximum absolute atomic E-state index is 11.9. The van der Waals surface area contributed by atoms with E-state index in [2.05, 4.69) is 5.32 Å². The van der Waals surface area contributed by atoms with Crippen LogP contribution >= 0.6 is 0 Å². The number of anilines is 1. The lowest BCUT2D eigenvalue weighted by Crippen LogP contribution is -2.21. The van der Waals surface area contributed by atoms with E-state index in [1.807, 2.05) is 26.0 Å². The maximum atomic E-state index is 11.9. The van der Waals surface area contributed by atoms with Gasteiger partial charge in [0.25, 0.3) is 5.91 Å². The lowest BCUT2D eigenvalue weighted by molar-refractivity contribution is -0.119. The quantitative estimate of drug-likeness (QED) is 0.680. The van der Waals surface area contributed by atoms with Crippen LogP contribution in [0.25, 0.3) is 0 Å². The summed E-state index contributed by atoms with van der Waals surface area (Å²) in [4.78, 5) is 34.3. The van der Waals surface area contributed by atoms with Crippen molar-refractivity contribution in [2.24, 2.45) is 0 Å². The second-order valence-electron chi connectivity index (χ2n) is 5.11. The first-order chi connectivity index (χ1) is 11.0. The van der Waals surface area contributed by atoms with Gasteiger partial charge in [0.05, 0.1) is 5.56 Å². The van der Waals surface area contributed by atoms with E-state index in [0.717, 1.165) is 11.1 Å². The molecule has 0 bridgehead atoms. The highest BCUT2D eigenvalue weighted by Crippen LogP contribution is 2.17. The molecule has 2 rings (SSSR count). The monoisotopic (exact) mass is 311 g/mol. The fraction of sp³-hybridized carbons (Fsp3) is 0.167. The highest BCUT2D eigenvalue weighted by Gasteiger charge is 2.11. The van der Waals surface area contributed by atoms with Gasteiger partial charge in [-0.05, 0) is 43.2 Å². The van der Waals surface area contributed by atoms with E-state index in [1.54, 1.807) is 6.07 Å². The summed E-state index contributed by atoms with van der Waals surface area (Å²) < 4.78 is 4.97. The van der Waals surface area contributed by atoms with Crippen LogP contribution in [0.3, 0.4) is 0 Å². The second-order valence-corrected chi connectivity index (χ2v) is 5.11. The van der Waals surface area contributed by atoms with Crippen LogP contribution in [-0.2, 0) is 9.53 Å². The van der Waals surface area contributed by atoms with Crippen LogP contribution in [0.15, 0.2) is 42.5 Å². The first-order valence-electron chi connectivity index (χ1n) is 7.09. The van der Waals surface area contributed by atoms with Gasteiger partial charge in [-0.3, -0.25) is 9.59 Å². The Bertz CT molecular complexity index is 735. The van der Waals surface area contributed by atoms with Gasteiger partial charge in [0.15, 0.2) is 6.61 Å². The minimum atomic E-state index is -0.612. The van der Waals surface area contributed by atoms with Gasteiger partial charge in [0.1, 0.15) is 6.29 Å². The molecule has 0 atom stereocenters. The van der Waals surface area contributed by atoms with Crippen LogP contribution in [-0.4, -0.2) is 24.8 Å². The van der Waals surface area contributed by atoms with E-state index < -0.39 is 11.9 Å². The van der Waals surface area contributed by atoms with Gasteiger partial charge < -0.3 is 10.1 Å². The second kappa shape index (κ2) is 7.35. The lowest BCUT2D eigenvalue weighted by atomic mass is 10.1. The summed E-state index contributed by atoms with van der Waals surface area (Å²) >= 11 is 0. The summed E-state index contributed by atoms with van der Waals surface area (Å²) in [6.45, 7) is 3.49. The molecule has 0 radical (unpaired) electrons. The van der Waals surface area contributed by atoms with Gasteiger partial charge in [-0.25, -0.2) is 4.79 Å². The zero-order chi connectivity index (χ0) is 16.8. The Balaban J connectivity index is 1.91. The van der Waals surface area contributed by atoms with Crippen molar-refractivity contribution in [3.05, 3.63) is 64.7 Å². The summed E-state index contributed by atoms with van der Waals surface area (Å²) in [6, 6.07) is 11.6. The van der Waals surface area contributed by atoms with E-state index >= 15 is 0 Å². The SMILES string of the molecule is Cc1cccc(NC(=O)COC(=O)c2ccc(C=O)cc2)c1C. The molecule has 2 aromatic rings. The van der Waals surface area contributed by atoms with E-state index in [0.29, 0.717) is 17.5 Å². The molecule has 118 valence electrons. The Hall–Kier alpha value is -2.95. The zero-order valence-electron chi connectivity index (χ0n) is 13.0. The summed E-state index contributed by atoms with van der Waals surface area (Å²) in [5.74, 6) is -1.02. The fourth-order valence-corrected chi connectivity index (χ4v) is 1.98. The average Bonchev–Trinajstić information content (AvgIpc) is 2.57. The molecule has 2 aromatic carbocycles. The van der Waals surface area contributed by atoms with Crippen molar-refractivity contribution in [3.8, 4) is 0 Å². The highest BCUT2D eigenvalue weighted by atomic mass is 16.5. The molecule has 1 amide bonds. The average molecular weight is 311 g/mol. The molecule has 0 aromatic heterocycles. The smallest absolute Gasteiger partial charge is 0.338 e. The molecule has 5 nitrogen and oxygen atoms in total. The Kier molecular flexibility index (Phi) is 5.25. The minimum Gasteiger partial charge on any atom is -0.452 e. The van der Waals surface area contributed by atoms with Crippen molar-refractivity contribution < 1.29 is 19.1 Å². The van der Waals surface area contributed by atoms with E-state index in [1.165, 1.54) is 24.3 Å². The Labute approximate surface area is 134 Å². The van der Waals surface area contributed by atoms with Crippen LogP contribution in [0.1, 0.15) is 31.8 Å². The molecule has 0 aliphatic heterocycles. The van der Waals surface area contributed by atoms with Crippen LogP contribution in [0, 0.1) is 13.8 Å². The number of hydrogen-bond acceptors (Lipinski definition) is 4. The lowest BCUT2D eigenvalue weighted by Gasteiger charge is -2.10. The first kappa shape index (κ1) is 16.4. The Morgan fingerprint density at radius 3 is 2.43 bits per heavy atom. The maximum Gasteiger partial charge on any atom is 0.338 e. The molecular weight excluding hydrogens is 294 g/mol. The molecular formula is C18H17NO4. The molecule has 23 heavy (non-hydrogen) atoms. The fourth-order valence-electron chi connectivity index (χ4n) is 1.98. The van der Waals surface area contributed by atoms with Gasteiger partial charge in [-0.1, -0.05) is 24.3 Å². The third kappa shape index (κ3) is 4.26. The molecule has 1 N–H and O–H groups in total. The number of ether oxygens (including phenoxy) is 1. The number of carbonyl (C=O) groups is 3. The number of rotatable bonds is 5. The molecule has 5 heteroatoms. The molecule has 0 heterocycles. The van der Waals surface area contributed by atoms with Crippen LogP contribution in [0.2, 0.25) is 0 Å². The van der Waals surface area contributed by atoms with Gasteiger partial charge in [-0.2, -0.15) is 0 Å². The first-order valence-corrected chi connectivity index (χ1v) is 7.09. The normalized spacial score (nSPS) is 10.0. The third-order valence-electron chi connectivity index (χ3n) is 3.50. The minimum absolute atomic E-state index is 0.287. The number of carbonyl (C=O) groups excluding carboxylic acids is 3. The summed E-state index contributed by atoms with van der Waals surface area (Å²) in [6.07, 6.45) is 0.687. The number of nitrogens with one attached hydrogen (secondary N) is 1. The molecule has 0 saturated heterocycles. The predicted octanol–water partition coefficient (Wildman–Crippen LogP) is 2.91. The van der Waals surface area contributed by atoms with Gasteiger partial charge in [-0.15, -0.1) is 0 Å². The number of aryl methyl sites for hydroxylation is 1. The van der Waals surface area contributed by atoms with Crippen molar-refractivity contribution in [1.29, 1.82) is 0 Å². The Morgan fingerprint density at radius 2 is 1.78 bits per heavy atom. The summed E-state index contributed by atoms with van der Waals surface area (Å²) in [5, 5.41) is 2.71. The topological polar surface area (TPSA) is 72.5 Å². The van der Waals surface area contributed by atoms with Crippen LogP contribution in [0.5, 0.6) is 0 Å². The third-order valence-corrected chi connectivity index (χ3v) is 3.50. The van der Waals surface area contributed by atoms with Crippen molar-refractivity contribution in [1.82, 2.24) is 0 Å². The largest absolute Gasteiger partial charge is 0.452 e. The number of hydrogen-bond donors (Lipinski definition) is 1.